The van der Waals surface area contributed by atoms with Crippen molar-refractivity contribution in [3.8, 4) is 5.75 Å². The zero-order valence-electron chi connectivity index (χ0n) is 13.9. The van der Waals surface area contributed by atoms with E-state index in [0.717, 1.165) is 31.9 Å². The Balaban J connectivity index is 1.54. The summed E-state index contributed by atoms with van der Waals surface area (Å²) in [7, 11) is 0. The van der Waals surface area contributed by atoms with Crippen LogP contribution >= 0.6 is 39.7 Å². The number of hydrogen-bond donors (Lipinski definition) is 1. The Morgan fingerprint density at radius 3 is 2.35 bits per heavy atom. The highest BCUT2D eigenvalue weighted by Gasteiger charge is 2.04. The van der Waals surface area contributed by atoms with E-state index in [1.54, 1.807) is 0 Å². The molecule has 2 nitrogen and oxygen atoms in total. The van der Waals surface area contributed by atoms with Crippen molar-refractivity contribution in [2.24, 2.45) is 0 Å². The highest BCUT2D eigenvalue weighted by Crippen LogP contribution is 2.17. The summed E-state index contributed by atoms with van der Waals surface area (Å²) in [6.07, 6.45) is 0. The first-order valence-electron chi connectivity index (χ1n) is 8.11. The van der Waals surface area contributed by atoms with Gasteiger partial charge in [0.15, 0.2) is 0 Å². The minimum atomic E-state index is 0.530. The summed E-state index contributed by atoms with van der Waals surface area (Å²) in [5.41, 5.74) is 3.09. The predicted octanol–water partition coefficient (Wildman–Crippen LogP) is 6.15. The molecule has 26 heavy (non-hydrogen) atoms. The average Bonchev–Trinajstić information content (AvgIpc) is 2.67. The maximum absolute atomic E-state index is 6.17. The van der Waals surface area contributed by atoms with E-state index in [1.807, 2.05) is 72.8 Å². The van der Waals surface area contributed by atoms with Crippen LogP contribution in [0.2, 0.25) is 5.02 Å². The first-order valence-corrected chi connectivity index (χ1v) is 9.68. The van der Waals surface area contributed by atoms with Gasteiger partial charge < -0.3 is 10.1 Å². The van der Waals surface area contributed by atoms with E-state index in [-0.39, 0.29) is 0 Å². The second kappa shape index (κ2) is 9.17. The van der Waals surface area contributed by atoms with Crippen molar-refractivity contribution < 1.29 is 4.74 Å². The average molecular weight is 447 g/mol. The number of ether oxygens (including phenoxy) is 1. The molecular weight excluding hydrogens is 430 g/mol. The zero-order chi connectivity index (χ0) is 18.4. The van der Waals surface area contributed by atoms with Crippen LogP contribution in [0.3, 0.4) is 0 Å². The maximum atomic E-state index is 6.17. The molecule has 3 aromatic rings. The summed E-state index contributed by atoms with van der Waals surface area (Å²) < 4.78 is 6.87. The summed E-state index contributed by atoms with van der Waals surface area (Å²) in [5.74, 6) is 0.811. The van der Waals surface area contributed by atoms with E-state index in [9.17, 15) is 0 Å². The maximum Gasteiger partial charge on any atom is 0.119 e. The molecule has 5 heteroatoms. The van der Waals surface area contributed by atoms with Crippen molar-refractivity contribution in [3.05, 3.63) is 99.0 Å². The van der Waals surface area contributed by atoms with Gasteiger partial charge in [0.25, 0.3) is 0 Å². The highest BCUT2D eigenvalue weighted by atomic mass is 79.9. The monoisotopic (exact) mass is 445 g/mol. The van der Waals surface area contributed by atoms with Gasteiger partial charge in [-0.2, -0.15) is 0 Å². The second-order valence-corrected chi connectivity index (χ2v) is 7.44. The Labute approximate surface area is 172 Å². The number of halogens is 2. The molecule has 0 unspecified atom stereocenters. The Kier molecular flexibility index (Phi) is 6.67. The third-order valence-corrected chi connectivity index (χ3v) is 5.11. The molecule has 0 fully saturated rings. The predicted molar refractivity (Wildman–Crippen MR) is 115 cm³/mol. The summed E-state index contributed by atoms with van der Waals surface area (Å²) in [5, 5.41) is 3.98. The van der Waals surface area contributed by atoms with Crippen LogP contribution in [0.1, 0.15) is 16.7 Å². The summed E-state index contributed by atoms with van der Waals surface area (Å²) in [6.45, 7) is 1.13. The molecule has 0 radical (unpaired) electrons. The molecule has 0 aliphatic carbocycles. The molecule has 0 saturated carbocycles. The van der Waals surface area contributed by atoms with Gasteiger partial charge in [-0.1, -0.05) is 70.1 Å². The van der Waals surface area contributed by atoms with E-state index < -0.39 is 0 Å². The topological polar surface area (TPSA) is 21.3 Å². The molecule has 0 saturated heterocycles. The van der Waals surface area contributed by atoms with Crippen molar-refractivity contribution in [2.75, 3.05) is 0 Å². The molecule has 3 rings (SSSR count). The fraction of sp³-hybridized carbons (Fsp3) is 0.0952. The molecule has 3 aromatic carbocycles. The van der Waals surface area contributed by atoms with Crippen molar-refractivity contribution >= 4 is 44.7 Å². The largest absolute Gasteiger partial charge is 0.489 e. The molecule has 0 aliphatic heterocycles. The second-order valence-electron chi connectivity index (χ2n) is 5.71. The third-order valence-electron chi connectivity index (χ3n) is 3.83. The van der Waals surface area contributed by atoms with Crippen LogP contribution in [0, 0.1) is 0 Å². The third kappa shape index (κ3) is 5.31. The molecule has 1 N–H and O–H groups in total. The summed E-state index contributed by atoms with van der Waals surface area (Å²) in [4.78, 5) is 0.685. The summed E-state index contributed by atoms with van der Waals surface area (Å²) in [6, 6.07) is 23.6. The quantitative estimate of drug-likeness (QED) is 0.459. The van der Waals surface area contributed by atoms with Gasteiger partial charge in [0, 0.05) is 21.6 Å². The Hall–Kier alpha value is -1.88. The molecular formula is C21H17BrClNOS. The fourth-order valence-electron chi connectivity index (χ4n) is 2.37. The van der Waals surface area contributed by atoms with Gasteiger partial charge in [-0.05, 0) is 53.6 Å². The standard InChI is InChI=1S/C21H17BrClNOS/c22-18-9-5-15(6-10-18)14-25-19-11-7-16(8-12-19)21(26)24-13-17-3-1-2-4-20(17)23/h1-12H,13-14H2,(H,24,26). The lowest BCUT2D eigenvalue weighted by Gasteiger charge is -2.11. The van der Waals surface area contributed by atoms with Crippen LogP contribution < -0.4 is 10.1 Å². The first-order chi connectivity index (χ1) is 12.6. The molecule has 0 amide bonds. The van der Waals surface area contributed by atoms with Gasteiger partial charge in [-0.15, -0.1) is 0 Å². The summed E-state index contributed by atoms with van der Waals surface area (Å²) >= 11 is 15.1. The highest BCUT2D eigenvalue weighted by molar-refractivity contribution is 9.10. The number of rotatable bonds is 6. The minimum absolute atomic E-state index is 0.530. The molecule has 0 bridgehead atoms. The Bertz CT molecular complexity index is 881. The van der Waals surface area contributed by atoms with Gasteiger partial charge in [-0.25, -0.2) is 0 Å². The smallest absolute Gasteiger partial charge is 0.119 e. The van der Waals surface area contributed by atoms with E-state index in [1.165, 1.54) is 0 Å². The normalized spacial score (nSPS) is 10.4. The van der Waals surface area contributed by atoms with Gasteiger partial charge >= 0.3 is 0 Å². The lowest BCUT2D eigenvalue weighted by atomic mass is 10.2. The van der Waals surface area contributed by atoms with Crippen LogP contribution in [0.5, 0.6) is 5.75 Å². The van der Waals surface area contributed by atoms with Gasteiger partial charge in [0.2, 0.25) is 0 Å². The van der Waals surface area contributed by atoms with Gasteiger partial charge in [-0.3, -0.25) is 0 Å². The van der Waals surface area contributed by atoms with Crippen LogP contribution in [0.4, 0.5) is 0 Å². The number of hydrogen-bond acceptors (Lipinski definition) is 2. The van der Waals surface area contributed by atoms with E-state index in [4.69, 9.17) is 28.6 Å². The molecule has 0 atom stereocenters. The lowest BCUT2D eigenvalue weighted by molar-refractivity contribution is 0.306. The van der Waals surface area contributed by atoms with Gasteiger partial charge in [0.05, 0.1) is 0 Å². The molecule has 0 aromatic heterocycles. The van der Waals surface area contributed by atoms with E-state index in [0.29, 0.717) is 18.1 Å². The molecule has 0 aliphatic rings. The van der Waals surface area contributed by atoms with Gasteiger partial charge in [0.1, 0.15) is 17.3 Å². The SMILES string of the molecule is S=C(NCc1ccccc1Cl)c1ccc(OCc2ccc(Br)cc2)cc1. The van der Waals surface area contributed by atoms with E-state index >= 15 is 0 Å². The molecule has 0 heterocycles. The first kappa shape index (κ1) is 18.9. The van der Waals surface area contributed by atoms with Crippen LogP contribution in [0.15, 0.2) is 77.3 Å². The van der Waals surface area contributed by atoms with Crippen molar-refractivity contribution in [2.45, 2.75) is 13.2 Å². The van der Waals surface area contributed by atoms with Crippen LogP contribution in [-0.2, 0) is 13.2 Å². The fourth-order valence-corrected chi connectivity index (χ4v) is 3.04. The van der Waals surface area contributed by atoms with Crippen molar-refractivity contribution in [3.63, 3.8) is 0 Å². The number of benzene rings is 3. The molecule has 0 spiro atoms. The van der Waals surface area contributed by atoms with Crippen LogP contribution in [-0.4, -0.2) is 4.99 Å². The number of nitrogens with one attached hydrogen (secondary N) is 1. The lowest BCUT2D eigenvalue weighted by Crippen LogP contribution is -2.21. The van der Waals surface area contributed by atoms with Crippen molar-refractivity contribution in [1.82, 2.24) is 5.32 Å². The van der Waals surface area contributed by atoms with E-state index in [2.05, 4.69) is 21.2 Å². The Morgan fingerprint density at radius 1 is 0.962 bits per heavy atom. The Morgan fingerprint density at radius 2 is 1.65 bits per heavy atom. The van der Waals surface area contributed by atoms with Crippen LogP contribution in [0.25, 0.3) is 0 Å². The van der Waals surface area contributed by atoms with Crippen molar-refractivity contribution in [1.29, 1.82) is 0 Å². The zero-order valence-corrected chi connectivity index (χ0v) is 17.1. The number of thiocarbonyl (C=S) groups is 1. The molecule has 132 valence electrons. The minimum Gasteiger partial charge on any atom is -0.489 e.